The number of anilines is 1. The van der Waals surface area contributed by atoms with Gasteiger partial charge in [0.15, 0.2) is 0 Å². The predicted octanol–water partition coefficient (Wildman–Crippen LogP) is 2.82. The molecule has 0 radical (unpaired) electrons. The third-order valence-corrected chi connectivity index (χ3v) is 7.73. The number of fused-ring (bicyclic) bond motifs is 2. The fourth-order valence-electron chi connectivity index (χ4n) is 5.44. The lowest BCUT2D eigenvalue weighted by atomic mass is 9.98. The number of carbonyl (C=O) groups excluding carboxylic acids is 2. The summed E-state index contributed by atoms with van der Waals surface area (Å²) in [4.78, 5) is 30.9. The van der Waals surface area contributed by atoms with Crippen molar-refractivity contribution in [2.75, 3.05) is 38.1 Å². The maximum absolute atomic E-state index is 13.9. The van der Waals surface area contributed by atoms with Crippen LogP contribution in [-0.2, 0) is 29.1 Å². The Kier molecular flexibility index (Phi) is 7.84. The van der Waals surface area contributed by atoms with Crippen LogP contribution < -0.4 is 20.9 Å². The normalized spacial score (nSPS) is 19.4. The highest BCUT2D eigenvalue weighted by Crippen LogP contribution is 2.31. The number of hydrogen-bond donors (Lipinski definition) is 3. The molecule has 2 atom stereocenters. The molecule has 3 aromatic rings. The molecular weight excluding hydrogens is 462 g/mol. The number of rotatable bonds is 7. The van der Waals surface area contributed by atoms with Gasteiger partial charge in [0.1, 0.15) is 6.04 Å². The molecule has 3 N–H and O–H groups in total. The number of para-hydroxylation sites is 1. The summed E-state index contributed by atoms with van der Waals surface area (Å²) in [6.45, 7) is 7.33. The fraction of sp³-hybridized carbons (Fsp3) is 0.400. The SMILES string of the molecule is CN[C@@H](C)C(=O)N[C@H]1CCc2ccccc2N(Cc2cccc3c(CN4CCNCC4)cccc23)C1=O. The summed E-state index contributed by atoms with van der Waals surface area (Å²) in [5.41, 5.74) is 4.49. The van der Waals surface area contributed by atoms with E-state index in [0.717, 1.165) is 56.0 Å². The summed E-state index contributed by atoms with van der Waals surface area (Å²) in [5.74, 6) is -0.218. The van der Waals surface area contributed by atoms with Crippen LogP contribution in [0.1, 0.15) is 30.0 Å². The van der Waals surface area contributed by atoms with Crippen molar-refractivity contribution in [1.29, 1.82) is 0 Å². The first-order valence-corrected chi connectivity index (χ1v) is 13.3. The highest BCUT2D eigenvalue weighted by atomic mass is 16.2. The minimum absolute atomic E-state index is 0.0597. The van der Waals surface area contributed by atoms with E-state index >= 15 is 0 Å². The summed E-state index contributed by atoms with van der Waals surface area (Å²) < 4.78 is 0. The van der Waals surface area contributed by atoms with Gasteiger partial charge in [0.05, 0.1) is 12.6 Å². The number of amides is 2. The molecular formula is C30H37N5O2. The molecule has 0 unspecified atom stereocenters. The van der Waals surface area contributed by atoms with Crippen LogP contribution >= 0.6 is 0 Å². The van der Waals surface area contributed by atoms with Crippen LogP contribution in [0.2, 0.25) is 0 Å². The molecule has 2 aliphatic rings. The number of hydrogen-bond acceptors (Lipinski definition) is 5. The van der Waals surface area contributed by atoms with E-state index < -0.39 is 6.04 Å². The van der Waals surface area contributed by atoms with Crippen molar-refractivity contribution in [3.63, 3.8) is 0 Å². The summed E-state index contributed by atoms with van der Waals surface area (Å²) >= 11 is 0. The maximum atomic E-state index is 13.9. The Bertz CT molecular complexity index is 1270. The first kappa shape index (κ1) is 25.4. The first-order chi connectivity index (χ1) is 18.0. The zero-order chi connectivity index (χ0) is 25.8. The Morgan fingerprint density at radius 2 is 1.65 bits per heavy atom. The van der Waals surface area contributed by atoms with Crippen molar-refractivity contribution < 1.29 is 9.59 Å². The number of likely N-dealkylation sites (N-methyl/N-ethyl adjacent to an activating group) is 1. The maximum Gasteiger partial charge on any atom is 0.249 e. The number of carbonyl (C=O) groups is 2. The molecule has 2 aliphatic heterocycles. The topological polar surface area (TPSA) is 76.7 Å². The van der Waals surface area contributed by atoms with Crippen LogP contribution in [0.5, 0.6) is 0 Å². The lowest BCUT2D eigenvalue weighted by molar-refractivity contribution is -0.128. The van der Waals surface area contributed by atoms with Crippen molar-refractivity contribution in [2.24, 2.45) is 0 Å². The number of benzene rings is 3. The van der Waals surface area contributed by atoms with Gasteiger partial charge in [-0.25, -0.2) is 0 Å². The van der Waals surface area contributed by atoms with E-state index in [0.29, 0.717) is 13.0 Å². The minimum atomic E-state index is -0.561. The fourth-order valence-corrected chi connectivity index (χ4v) is 5.44. The molecule has 2 heterocycles. The summed E-state index contributed by atoms with van der Waals surface area (Å²) in [5, 5.41) is 11.8. The van der Waals surface area contributed by atoms with Crippen molar-refractivity contribution >= 4 is 28.3 Å². The predicted molar refractivity (Wildman–Crippen MR) is 149 cm³/mol. The number of piperazine rings is 1. The van der Waals surface area contributed by atoms with Crippen LogP contribution in [0, 0.1) is 0 Å². The molecule has 1 fully saturated rings. The molecule has 194 valence electrons. The van der Waals surface area contributed by atoms with Crippen molar-refractivity contribution in [1.82, 2.24) is 20.9 Å². The Labute approximate surface area is 219 Å². The molecule has 0 aromatic heterocycles. The van der Waals surface area contributed by atoms with Crippen LogP contribution in [0.15, 0.2) is 60.7 Å². The molecule has 0 bridgehead atoms. The molecule has 0 aliphatic carbocycles. The van der Waals surface area contributed by atoms with Gasteiger partial charge in [0.2, 0.25) is 11.8 Å². The monoisotopic (exact) mass is 499 g/mol. The Morgan fingerprint density at radius 1 is 0.973 bits per heavy atom. The highest BCUT2D eigenvalue weighted by Gasteiger charge is 2.32. The number of aryl methyl sites for hydroxylation is 1. The molecule has 0 spiro atoms. The zero-order valence-corrected chi connectivity index (χ0v) is 21.8. The average Bonchev–Trinajstić information content (AvgIpc) is 3.06. The van der Waals surface area contributed by atoms with E-state index in [1.54, 1.807) is 14.0 Å². The molecule has 37 heavy (non-hydrogen) atoms. The van der Waals surface area contributed by atoms with Gasteiger partial charge in [-0.2, -0.15) is 0 Å². The standard InChI is InChI=1S/C30H37N5O2/c1-21(31-2)29(36)33-27-14-13-22-7-3-4-12-28(22)35(30(27)37)20-24-9-6-10-25-23(8-5-11-26(24)25)19-34-17-15-32-16-18-34/h3-12,21,27,31-32H,13-20H2,1-2H3,(H,33,36)/t21-,27-/m0/s1. The molecule has 3 aromatic carbocycles. The van der Waals surface area contributed by atoms with Crippen molar-refractivity contribution in [3.8, 4) is 0 Å². The molecule has 5 rings (SSSR count). The number of nitrogens with one attached hydrogen (secondary N) is 3. The van der Waals surface area contributed by atoms with Gasteiger partial charge >= 0.3 is 0 Å². The lowest BCUT2D eigenvalue weighted by Gasteiger charge is -2.28. The van der Waals surface area contributed by atoms with E-state index in [9.17, 15) is 9.59 Å². The Morgan fingerprint density at radius 3 is 2.35 bits per heavy atom. The van der Waals surface area contributed by atoms with Crippen molar-refractivity contribution in [3.05, 3.63) is 77.4 Å². The second-order valence-electron chi connectivity index (χ2n) is 10.1. The molecule has 7 heteroatoms. The van der Waals surface area contributed by atoms with Crippen LogP contribution in [0.25, 0.3) is 10.8 Å². The largest absolute Gasteiger partial charge is 0.343 e. The van der Waals surface area contributed by atoms with E-state index in [2.05, 4.69) is 63.3 Å². The molecule has 0 saturated carbocycles. The third-order valence-electron chi connectivity index (χ3n) is 7.73. The van der Waals surface area contributed by atoms with Crippen LogP contribution in [0.3, 0.4) is 0 Å². The quantitative estimate of drug-likeness (QED) is 0.466. The van der Waals surface area contributed by atoms with Gasteiger partial charge in [-0.1, -0.05) is 54.6 Å². The first-order valence-electron chi connectivity index (χ1n) is 13.3. The second-order valence-corrected chi connectivity index (χ2v) is 10.1. The Hall–Kier alpha value is -3.26. The Balaban J connectivity index is 1.47. The average molecular weight is 500 g/mol. The minimum Gasteiger partial charge on any atom is -0.343 e. The second kappa shape index (κ2) is 11.4. The van der Waals surface area contributed by atoms with E-state index in [-0.39, 0.29) is 17.9 Å². The molecule has 7 nitrogen and oxygen atoms in total. The molecule has 1 saturated heterocycles. The van der Waals surface area contributed by atoms with Gasteiger partial charge in [-0.15, -0.1) is 0 Å². The lowest BCUT2D eigenvalue weighted by Crippen LogP contribution is -2.52. The summed E-state index contributed by atoms with van der Waals surface area (Å²) in [6.07, 6.45) is 1.32. The van der Waals surface area contributed by atoms with Crippen LogP contribution in [-0.4, -0.2) is 62.0 Å². The van der Waals surface area contributed by atoms with Gasteiger partial charge in [0, 0.05) is 38.4 Å². The van der Waals surface area contributed by atoms with Gasteiger partial charge in [-0.3, -0.25) is 14.5 Å². The van der Waals surface area contributed by atoms with Crippen LogP contribution in [0.4, 0.5) is 5.69 Å². The van der Waals surface area contributed by atoms with Gasteiger partial charge < -0.3 is 20.9 Å². The molecule has 2 amide bonds. The van der Waals surface area contributed by atoms with E-state index in [1.165, 1.54) is 16.3 Å². The van der Waals surface area contributed by atoms with E-state index in [4.69, 9.17) is 0 Å². The van der Waals surface area contributed by atoms with Gasteiger partial charge in [-0.05, 0) is 60.3 Å². The summed E-state index contributed by atoms with van der Waals surface area (Å²) in [6, 6.07) is 20.1. The third kappa shape index (κ3) is 5.54. The van der Waals surface area contributed by atoms with E-state index in [1.807, 2.05) is 23.1 Å². The number of nitrogens with zero attached hydrogens (tertiary/aromatic N) is 2. The highest BCUT2D eigenvalue weighted by molar-refractivity contribution is 6.01. The smallest absolute Gasteiger partial charge is 0.249 e. The van der Waals surface area contributed by atoms with Crippen molar-refractivity contribution in [2.45, 2.75) is 44.9 Å². The summed E-state index contributed by atoms with van der Waals surface area (Å²) in [7, 11) is 1.75. The van der Waals surface area contributed by atoms with Gasteiger partial charge in [0.25, 0.3) is 0 Å². The zero-order valence-electron chi connectivity index (χ0n) is 21.8.